The summed E-state index contributed by atoms with van der Waals surface area (Å²) in [6.07, 6.45) is 3.48. The summed E-state index contributed by atoms with van der Waals surface area (Å²) in [7, 11) is 0. The van der Waals surface area contributed by atoms with E-state index < -0.39 is 0 Å². The average molecular weight is 332 g/mol. The Morgan fingerprint density at radius 2 is 2.06 bits per heavy atom. The van der Waals surface area contributed by atoms with Gasteiger partial charge in [0.2, 0.25) is 5.91 Å². The number of carbonyl (C=O) groups is 1. The maximum absolute atomic E-state index is 11.9. The number of benzene rings is 1. The number of hydrogen-bond acceptors (Lipinski definition) is 2. The van der Waals surface area contributed by atoms with Crippen LogP contribution in [0.3, 0.4) is 0 Å². The summed E-state index contributed by atoms with van der Waals surface area (Å²) in [4.78, 5) is 13.9. The molecule has 5 heteroatoms. The molecule has 0 aliphatic carbocycles. The first-order valence-electron chi connectivity index (χ1n) is 6.13. The Morgan fingerprint density at radius 1 is 1.33 bits per heavy atom. The van der Waals surface area contributed by atoms with Crippen LogP contribution < -0.4 is 5.32 Å². The van der Waals surface area contributed by atoms with E-state index in [4.69, 9.17) is 11.6 Å². The topological polar surface area (TPSA) is 32.3 Å². The number of halogens is 2. The van der Waals surface area contributed by atoms with Gasteiger partial charge in [0, 0.05) is 23.2 Å². The molecule has 1 aromatic rings. The van der Waals surface area contributed by atoms with Crippen molar-refractivity contribution in [1.29, 1.82) is 0 Å². The summed E-state index contributed by atoms with van der Waals surface area (Å²) in [5.74, 6) is 0.167. The second-order valence-electron chi connectivity index (χ2n) is 4.42. The third kappa shape index (κ3) is 3.62. The predicted molar refractivity (Wildman–Crippen MR) is 78.1 cm³/mol. The molecule has 1 aliphatic rings. The molecular formula is C13H16BrClN2O. The van der Waals surface area contributed by atoms with Crippen molar-refractivity contribution in [3.8, 4) is 0 Å². The molecule has 0 radical (unpaired) electrons. The highest BCUT2D eigenvalue weighted by Crippen LogP contribution is 2.25. The van der Waals surface area contributed by atoms with Crippen LogP contribution in [0.2, 0.25) is 5.02 Å². The molecule has 1 aromatic carbocycles. The van der Waals surface area contributed by atoms with E-state index in [0.717, 1.165) is 36.1 Å². The van der Waals surface area contributed by atoms with Crippen molar-refractivity contribution < 1.29 is 4.79 Å². The first kappa shape index (κ1) is 13.7. The number of nitrogens with one attached hydrogen (secondary N) is 1. The second-order valence-corrected chi connectivity index (χ2v) is 5.69. The molecule has 0 unspecified atom stereocenters. The van der Waals surface area contributed by atoms with E-state index in [1.165, 1.54) is 6.42 Å². The Morgan fingerprint density at radius 3 is 2.72 bits per heavy atom. The second kappa shape index (κ2) is 6.43. The zero-order chi connectivity index (χ0) is 13.0. The van der Waals surface area contributed by atoms with E-state index in [2.05, 4.69) is 21.2 Å². The lowest BCUT2D eigenvalue weighted by atomic mass is 10.1. The van der Waals surface area contributed by atoms with Crippen molar-refractivity contribution in [2.24, 2.45) is 0 Å². The number of likely N-dealkylation sites (tertiary alicyclic amines) is 1. The molecule has 1 fully saturated rings. The van der Waals surface area contributed by atoms with Crippen molar-refractivity contribution in [1.82, 2.24) is 4.90 Å². The molecule has 0 saturated carbocycles. The fourth-order valence-corrected chi connectivity index (χ4v) is 2.54. The van der Waals surface area contributed by atoms with Gasteiger partial charge in [-0.1, -0.05) is 11.6 Å². The number of rotatable bonds is 3. The Kier molecular flexibility index (Phi) is 4.89. The van der Waals surface area contributed by atoms with Gasteiger partial charge < -0.3 is 10.2 Å². The molecular weight excluding hydrogens is 316 g/mol. The van der Waals surface area contributed by atoms with Crippen LogP contribution in [0.15, 0.2) is 22.7 Å². The van der Waals surface area contributed by atoms with Gasteiger partial charge in [-0.05, 0) is 53.4 Å². The number of piperidine rings is 1. The van der Waals surface area contributed by atoms with Crippen LogP contribution in [0.5, 0.6) is 0 Å². The number of nitrogens with zero attached hydrogens (tertiary/aromatic N) is 1. The summed E-state index contributed by atoms with van der Waals surface area (Å²) < 4.78 is 0.833. The first-order valence-corrected chi connectivity index (χ1v) is 7.30. The minimum Gasteiger partial charge on any atom is -0.376 e. The van der Waals surface area contributed by atoms with E-state index in [0.29, 0.717) is 11.6 Å². The van der Waals surface area contributed by atoms with Crippen molar-refractivity contribution in [2.45, 2.75) is 19.3 Å². The summed E-state index contributed by atoms with van der Waals surface area (Å²) in [6, 6.07) is 5.56. The van der Waals surface area contributed by atoms with Gasteiger partial charge in [-0.3, -0.25) is 4.79 Å². The highest BCUT2D eigenvalue weighted by Gasteiger charge is 2.15. The Labute approximate surface area is 121 Å². The van der Waals surface area contributed by atoms with Crippen LogP contribution in [0.1, 0.15) is 19.3 Å². The first-order chi connectivity index (χ1) is 8.66. The Balaban J connectivity index is 1.86. The van der Waals surface area contributed by atoms with E-state index in [1.807, 2.05) is 17.0 Å². The minimum atomic E-state index is 0.167. The third-order valence-corrected chi connectivity index (χ3v) is 4.29. The minimum absolute atomic E-state index is 0.167. The predicted octanol–water partition coefficient (Wildman–Crippen LogP) is 3.53. The summed E-state index contributed by atoms with van der Waals surface area (Å²) in [6.45, 7) is 2.13. The van der Waals surface area contributed by atoms with E-state index in [-0.39, 0.29) is 5.91 Å². The molecule has 1 N–H and O–H groups in total. The smallest absolute Gasteiger partial charge is 0.241 e. The molecule has 0 spiro atoms. The summed E-state index contributed by atoms with van der Waals surface area (Å²) in [5, 5.41) is 3.80. The fourth-order valence-electron chi connectivity index (χ4n) is 2.04. The molecule has 0 bridgehead atoms. The maximum Gasteiger partial charge on any atom is 0.241 e. The number of hydrogen-bond donors (Lipinski definition) is 1. The molecule has 0 atom stereocenters. The van der Waals surface area contributed by atoms with Crippen LogP contribution in [-0.4, -0.2) is 30.4 Å². The monoisotopic (exact) mass is 330 g/mol. The summed E-state index contributed by atoms with van der Waals surface area (Å²) in [5.41, 5.74) is 0.900. The number of carbonyl (C=O) groups excluding carboxylic acids is 1. The van der Waals surface area contributed by atoms with Crippen molar-refractivity contribution >= 4 is 39.1 Å². The standard InChI is InChI=1S/C13H16BrClN2O/c14-11-8-10(4-5-12(11)15)16-9-13(18)17-6-2-1-3-7-17/h4-5,8,16H,1-3,6-7,9H2. The van der Waals surface area contributed by atoms with E-state index in [1.54, 1.807) is 6.07 Å². The van der Waals surface area contributed by atoms with Gasteiger partial charge >= 0.3 is 0 Å². The van der Waals surface area contributed by atoms with Crippen LogP contribution >= 0.6 is 27.5 Å². The quantitative estimate of drug-likeness (QED) is 0.919. The highest BCUT2D eigenvalue weighted by atomic mass is 79.9. The lowest BCUT2D eigenvalue weighted by Gasteiger charge is -2.26. The van der Waals surface area contributed by atoms with Gasteiger partial charge in [0.05, 0.1) is 11.6 Å². The van der Waals surface area contributed by atoms with Gasteiger partial charge in [0.25, 0.3) is 0 Å². The van der Waals surface area contributed by atoms with Gasteiger partial charge in [-0.2, -0.15) is 0 Å². The van der Waals surface area contributed by atoms with E-state index in [9.17, 15) is 4.79 Å². The zero-order valence-corrected chi connectivity index (χ0v) is 12.4. The zero-order valence-electron chi connectivity index (χ0n) is 10.1. The molecule has 1 saturated heterocycles. The molecule has 1 heterocycles. The molecule has 2 rings (SSSR count). The van der Waals surface area contributed by atoms with Crippen LogP contribution in [0.4, 0.5) is 5.69 Å². The Hall–Kier alpha value is -0.740. The lowest BCUT2D eigenvalue weighted by Crippen LogP contribution is -2.39. The van der Waals surface area contributed by atoms with Crippen LogP contribution in [0.25, 0.3) is 0 Å². The van der Waals surface area contributed by atoms with Gasteiger partial charge in [-0.25, -0.2) is 0 Å². The van der Waals surface area contributed by atoms with E-state index >= 15 is 0 Å². The SMILES string of the molecule is O=C(CNc1ccc(Cl)c(Br)c1)N1CCCCC1. The van der Waals surface area contributed by atoms with Gasteiger partial charge in [-0.15, -0.1) is 0 Å². The summed E-state index contributed by atoms with van der Waals surface area (Å²) >= 11 is 9.28. The molecule has 98 valence electrons. The molecule has 3 nitrogen and oxygen atoms in total. The highest BCUT2D eigenvalue weighted by molar-refractivity contribution is 9.10. The van der Waals surface area contributed by atoms with Crippen LogP contribution in [0, 0.1) is 0 Å². The molecule has 1 aliphatic heterocycles. The van der Waals surface area contributed by atoms with Crippen molar-refractivity contribution in [3.05, 3.63) is 27.7 Å². The normalized spacial score (nSPS) is 15.6. The number of amides is 1. The van der Waals surface area contributed by atoms with Crippen LogP contribution in [-0.2, 0) is 4.79 Å². The van der Waals surface area contributed by atoms with Gasteiger partial charge in [0.15, 0.2) is 0 Å². The average Bonchev–Trinajstić information content (AvgIpc) is 2.41. The molecule has 18 heavy (non-hydrogen) atoms. The number of anilines is 1. The third-order valence-electron chi connectivity index (χ3n) is 3.07. The largest absolute Gasteiger partial charge is 0.376 e. The van der Waals surface area contributed by atoms with Crippen molar-refractivity contribution in [2.75, 3.05) is 25.0 Å². The lowest BCUT2D eigenvalue weighted by molar-refractivity contribution is -0.130. The van der Waals surface area contributed by atoms with Crippen molar-refractivity contribution in [3.63, 3.8) is 0 Å². The molecule has 0 aromatic heterocycles. The Bertz CT molecular complexity index is 433. The molecule has 1 amide bonds. The maximum atomic E-state index is 11.9. The fraction of sp³-hybridized carbons (Fsp3) is 0.462. The van der Waals surface area contributed by atoms with Gasteiger partial charge in [0.1, 0.15) is 0 Å².